The molecule has 0 amide bonds. The highest BCUT2D eigenvalue weighted by Gasteiger charge is 2.16. The minimum Gasteiger partial charge on any atom is -0.208 e. The molecule has 0 aliphatic heterocycles. The summed E-state index contributed by atoms with van der Waals surface area (Å²) in [5.41, 5.74) is 2.93. The Kier molecular flexibility index (Phi) is 5.37. The van der Waals surface area contributed by atoms with Gasteiger partial charge in [-0.1, -0.05) is 121 Å². The maximum absolute atomic E-state index is 5.08. The highest BCUT2D eigenvalue weighted by Crippen LogP contribution is 2.41. The van der Waals surface area contributed by atoms with Crippen LogP contribution in [0.15, 0.2) is 140 Å². The Morgan fingerprint density at radius 3 is 1.98 bits per heavy atom. The van der Waals surface area contributed by atoms with Gasteiger partial charge in [0, 0.05) is 36.9 Å². The summed E-state index contributed by atoms with van der Waals surface area (Å²) in [6.07, 6.45) is 0. The van der Waals surface area contributed by atoms with Crippen LogP contribution >= 0.6 is 11.3 Å². The van der Waals surface area contributed by atoms with Crippen LogP contribution in [0, 0.1) is 0 Å². The fourth-order valence-corrected chi connectivity index (χ4v) is 7.38. The van der Waals surface area contributed by atoms with Gasteiger partial charge in [0.1, 0.15) is 0 Å². The van der Waals surface area contributed by atoms with Crippen molar-refractivity contribution < 1.29 is 0 Å². The van der Waals surface area contributed by atoms with Crippen LogP contribution in [0.5, 0.6) is 0 Å². The molecule has 0 unspecified atom stereocenters. The lowest BCUT2D eigenvalue weighted by molar-refractivity contribution is 1.08. The third kappa shape index (κ3) is 3.92. The lowest BCUT2D eigenvalue weighted by Gasteiger charge is -2.11. The fourth-order valence-electron chi connectivity index (χ4n) is 6.27. The molecule has 0 atom stereocenters. The molecule has 200 valence electrons. The zero-order valence-electron chi connectivity index (χ0n) is 23.0. The molecule has 9 aromatic rings. The molecule has 0 spiro atoms. The predicted molar refractivity (Wildman–Crippen MR) is 182 cm³/mol. The zero-order valence-corrected chi connectivity index (χ0v) is 23.8. The number of aromatic nitrogens is 3. The van der Waals surface area contributed by atoms with E-state index < -0.39 is 0 Å². The molecule has 43 heavy (non-hydrogen) atoms. The first kappa shape index (κ1) is 24.2. The Labute approximate surface area is 251 Å². The summed E-state index contributed by atoms with van der Waals surface area (Å²) in [5, 5.41) is 9.89. The van der Waals surface area contributed by atoms with Gasteiger partial charge >= 0.3 is 0 Å². The molecule has 0 radical (unpaired) electrons. The van der Waals surface area contributed by atoms with Gasteiger partial charge < -0.3 is 0 Å². The first-order valence-electron chi connectivity index (χ1n) is 14.4. The first-order chi connectivity index (χ1) is 21.3. The van der Waals surface area contributed by atoms with E-state index in [4.69, 9.17) is 15.0 Å². The molecule has 2 heterocycles. The normalized spacial score (nSPS) is 11.7. The number of thiophene rings is 1. The molecule has 0 saturated heterocycles. The lowest BCUT2D eigenvalue weighted by atomic mass is 9.96. The van der Waals surface area contributed by atoms with Crippen molar-refractivity contribution >= 4 is 63.8 Å². The molecule has 0 fully saturated rings. The van der Waals surface area contributed by atoms with E-state index in [0.29, 0.717) is 17.5 Å². The maximum atomic E-state index is 5.08. The Morgan fingerprint density at radius 1 is 0.372 bits per heavy atom. The largest absolute Gasteiger partial charge is 0.208 e. The summed E-state index contributed by atoms with van der Waals surface area (Å²) >= 11 is 1.86. The van der Waals surface area contributed by atoms with E-state index in [2.05, 4.69) is 121 Å². The molecule has 9 rings (SSSR count). The summed E-state index contributed by atoms with van der Waals surface area (Å²) in [7, 11) is 0. The Bertz CT molecular complexity index is 2510. The van der Waals surface area contributed by atoms with Crippen LogP contribution in [0.3, 0.4) is 0 Å². The topological polar surface area (TPSA) is 38.7 Å². The van der Waals surface area contributed by atoms with Crippen LogP contribution in [0.25, 0.3) is 86.7 Å². The molecule has 0 bridgehead atoms. The van der Waals surface area contributed by atoms with Gasteiger partial charge in [-0.15, -0.1) is 11.3 Å². The molecule has 0 saturated carbocycles. The van der Waals surface area contributed by atoms with Gasteiger partial charge in [-0.2, -0.15) is 0 Å². The standard InChI is InChI=1S/C39H23N3S/c1-2-10-26(11-3-1)37-40-38(42-39(41-37)31-15-8-12-24-9-4-5-13-29(24)31)28-19-21-30-27(23-28)18-17-25-20-22-34-36(35(25)30)32-14-6-7-16-33(32)43-34/h1-23H. The average Bonchev–Trinajstić information content (AvgIpc) is 3.47. The average molecular weight is 566 g/mol. The van der Waals surface area contributed by atoms with E-state index in [9.17, 15) is 0 Å². The molecular weight excluding hydrogens is 543 g/mol. The Morgan fingerprint density at radius 2 is 1.07 bits per heavy atom. The van der Waals surface area contributed by atoms with Crippen LogP contribution in [0.4, 0.5) is 0 Å². The monoisotopic (exact) mass is 565 g/mol. The lowest BCUT2D eigenvalue weighted by Crippen LogP contribution is -2.00. The van der Waals surface area contributed by atoms with Crippen LogP contribution in [0.1, 0.15) is 0 Å². The Hall–Kier alpha value is -5.45. The van der Waals surface area contributed by atoms with Gasteiger partial charge in [0.05, 0.1) is 0 Å². The zero-order chi connectivity index (χ0) is 28.3. The first-order valence-corrected chi connectivity index (χ1v) is 15.2. The molecule has 0 N–H and O–H groups in total. The molecular formula is C39H23N3S. The number of benzene rings is 7. The van der Waals surface area contributed by atoms with Gasteiger partial charge in [0.2, 0.25) is 0 Å². The van der Waals surface area contributed by atoms with Crippen molar-refractivity contribution in [2.45, 2.75) is 0 Å². The van der Waals surface area contributed by atoms with E-state index in [1.165, 1.54) is 41.7 Å². The summed E-state index contributed by atoms with van der Waals surface area (Å²) in [5.74, 6) is 2.00. The second-order valence-electron chi connectivity index (χ2n) is 10.8. The van der Waals surface area contributed by atoms with Crippen LogP contribution in [0.2, 0.25) is 0 Å². The summed E-state index contributed by atoms with van der Waals surface area (Å²) in [6.45, 7) is 0. The van der Waals surface area contributed by atoms with Crippen LogP contribution < -0.4 is 0 Å². The molecule has 4 heteroatoms. The minimum atomic E-state index is 0.665. The number of rotatable bonds is 3. The predicted octanol–water partition coefficient (Wildman–Crippen LogP) is 10.7. The third-order valence-electron chi connectivity index (χ3n) is 8.30. The fraction of sp³-hybridized carbons (Fsp3) is 0. The van der Waals surface area contributed by atoms with Crippen molar-refractivity contribution in [2.24, 2.45) is 0 Å². The quantitative estimate of drug-likeness (QED) is 0.200. The van der Waals surface area contributed by atoms with E-state index in [1.54, 1.807) is 0 Å². The summed E-state index contributed by atoms with van der Waals surface area (Å²) in [4.78, 5) is 15.1. The van der Waals surface area contributed by atoms with Gasteiger partial charge in [-0.3, -0.25) is 0 Å². The highest BCUT2D eigenvalue weighted by molar-refractivity contribution is 7.26. The van der Waals surface area contributed by atoms with Gasteiger partial charge in [0.25, 0.3) is 0 Å². The van der Waals surface area contributed by atoms with Gasteiger partial charge in [-0.25, -0.2) is 15.0 Å². The highest BCUT2D eigenvalue weighted by atomic mass is 32.1. The van der Waals surface area contributed by atoms with Crippen molar-refractivity contribution in [1.82, 2.24) is 15.0 Å². The van der Waals surface area contributed by atoms with Crippen LogP contribution in [-0.2, 0) is 0 Å². The number of fused-ring (bicyclic) bond motifs is 8. The Balaban J connectivity index is 1.29. The molecule has 0 aliphatic carbocycles. The molecule has 2 aromatic heterocycles. The van der Waals surface area contributed by atoms with E-state index in [-0.39, 0.29) is 0 Å². The molecule has 3 nitrogen and oxygen atoms in total. The second-order valence-corrected chi connectivity index (χ2v) is 11.9. The van der Waals surface area contributed by atoms with E-state index >= 15 is 0 Å². The van der Waals surface area contributed by atoms with Crippen LogP contribution in [-0.4, -0.2) is 15.0 Å². The van der Waals surface area contributed by atoms with Gasteiger partial charge in [0.15, 0.2) is 17.5 Å². The van der Waals surface area contributed by atoms with E-state index in [0.717, 1.165) is 27.5 Å². The van der Waals surface area contributed by atoms with Crippen molar-refractivity contribution in [3.8, 4) is 34.2 Å². The summed E-state index contributed by atoms with van der Waals surface area (Å²) < 4.78 is 2.63. The maximum Gasteiger partial charge on any atom is 0.164 e. The van der Waals surface area contributed by atoms with Crippen molar-refractivity contribution in [3.63, 3.8) is 0 Å². The number of nitrogens with zero attached hydrogens (tertiary/aromatic N) is 3. The summed E-state index contributed by atoms with van der Waals surface area (Å²) in [6, 6.07) is 49.1. The van der Waals surface area contributed by atoms with Crippen molar-refractivity contribution in [1.29, 1.82) is 0 Å². The molecule has 7 aromatic carbocycles. The van der Waals surface area contributed by atoms with Crippen molar-refractivity contribution in [2.75, 3.05) is 0 Å². The number of hydrogen-bond acceptors (Lipinski definition) is 4. The SMILES string of the molecule is c1ccc(-c2nc(-c3ccc4c(ccc5ccc6sc7ccccc7c6c54)c3)nc(-c3cccc4ccccc34)n2)cc1. The smallest absolute Gasteiger partial charge is 0.164 e. The second kappa shape index (κ2) is 9.55. The van der Waals surface area contributed by atoms with Crippen molar-refractivity contribution in [3.05, 3.63) is 140 Å². The molecule has 0 aliphatic rings. The third-order valence-corrected chi connectivity index (χ3v) is 9.43. The number of hydrogen-bond donors (Lipinski definition) is 0. The van der Waals surface area contributed by atoms with E-state index in [1.807, 2.05) is 29.5 Å². The minimum absolute atomic E-state index is 0.665. The van der Waals surface area contributed by atoms with Gasteiger partial charge in [-0.05, 0) is 50.5 Å².